The number of hydrogen-bond acceptors (Lipinski definition) is 1. The summed E-state index contributed by atoms with van der Waals surface area (Å²) in [5.74, 6) is -0.369. The van der Waals surface area contributed by atoms with Gasteiger partial charge in [0.1, 0.15) is 11.9 Å². The summed E-state index contributed by atoms with van der Waals surface area (Å²) in [6.45, 7) is 3.56. The molecule has 2 rings (SSSR count). The summed E-state index contributed by atoms with van der Waals surface area (Å²) in [4.78, 5) is 0. The second-order valence-corrected chi connectivity index (χ2v) is 5.85. The van der Waals surface area contributed by atoms with Gasteiger partial charge in [-0.2, -0.15) is 0 Å². The van der Waals surface area contributed by atoms with Gasteiger partial charge in [0.2, 0.25) is 0 Å². The predicted octanol–water partition coefficient (Wildman–Crippen LogP) is 4.94. The SMILES string of the molecule is Cc1cc(C(O)c2cc(Br)ccc2C)c(Cl)cc1F. The maximum Gasteiger partial charge on any atom is 0.127 e. The van der Waals surface area contributed by atoms with Gasteiger partial charge in [0.05, 0.1) is 0 Å². The lowest BCUT2D eigenvalue weighted by Gasteiger charge is -2.17. The van der Waals surface area contributed by atoms with Gasteiger partial charge in [-0.05, 0) is 54.8 Å². The average molecular weight is 344 g/mol. The molecule has 19 heavy (non-hydrogen) atoms. The van der Waals surface area contributed by atoms with Crippen molar-refractivity contribution < 1.29 is 9.50 Å². The lowest BCUT2D eigenvalue weighted by Crippen LogP contribution is -2.04. The standard InChI is InChI=1S/C15H13BrClFO/c1-8-3-4-10(16)6-11(8)15(19)12-5-9(2)14(18)7-13(12)17/h3-7,15,19H,1-2H3. The smallest absolute Gasteiger partial charge is 0.127 e. The zero-order chi connectivity index (χ0) is 14.2. The van der Waals surface area contributed by atoms with Gasteiger partial charge in [0.15, 0.2) is 0 Å². The Hall–Kier alpha value is -0.900. The highest BCUT2D eigenvalue weighted by Gasteiger charge is 2.18. The van der Waals surface area contributed by atoms with Crippen molar-refractivity contribution in [3.63, 3.8) is 0 Å². The second kappa shape index (κ2) is 5.61. The number of rotatable bonds is 2. The Morgan fingerprint density at radius 1 is 1.11 bits per heavy atom. The molecule has 0 saturated carbocycles. The first-order chi connectivity index (χ1) is 8.90. The molecule has 0 aliphatic rings. The number of hydrogen-bond donors (Lipinski definition) is 1. The van der Waals surface area contributed by atoms with E-state index < -0.39 is 6.10 Å². The zero-order valence-corrected chi connectivity index (χ0v) is 12.9. The van der Waals surface area contributed by atoms with Crippen molar-refractivity contribution >= 4 is 27.5 Å². The monoisotopic (exact) mass is 342 g/mol. The van der Waals surface area contributed by atoms with Crippen LogP contribution in [-0.2, 0) is 0 Å². The minimum atomic E-state index is -0.871. The van der Waals surface area contributed by atoms with Crippen molar-refractivity contribution in [2.24, 2.45) is 0 Å². The molecule has 1 atom stereocenters. The van der Waals surface area contributed by atoms with E-state index in [1.165, 1.54) is 6.07 Å². The number of halogens is 3. The van der Waals surface area contributed by atoms with Crippen LogP contribution in [0.1, 0.15) is 28.4 Å². The molecule has 0 radical (unpaired) electrons. The van der Waals surface area contributed by atoms with Crippen LogP contribution < -0.4 is 0 Å². The summed E-state index contributed by atoms with van der Waals surface area (Å²) in [7, 11) is 0. The van der Waals surface area contributed by atoms with E-state index >= 15 is 0 Å². The van der Waals surface area contributed by atoms with Crippen LogP contribution in [0.25, 0.3) is 0 Å². The van der Waals surface area contributed by atoms with Crippen molar-refractivity contribution in [2.75, 3.05) is 0 Å². The van der Waals surface area contributed by atoms with Crippen molar-refractivity contribution in [3.8, 4) is 0 Å². The van der Waals surface area contributed by atoms with Crippen LogP contribution in [0.3, 0.4) is 0 Å². The first-order valence-corrected chi connectivity index (χ1v) is 6.97. The Labute approximate surface area is 125 Å². The van der Waals surface area contributed by atoms with Crippen molar-refractivity contribution in [1.29, 1.82) is 0 Å². The largest absolute Gasteiger partial charge is 0.384 e. The molecule has 100 valence electrons. The molecule has 2 aromatic rings. The average Bonchev–Trinajstić information content (AvgIpc) is 2.36. The van der Waals surface area contributed by atoms with Gasteiger partial charge in [0, 0.05) is 15.1 Å². The fourth-order valence-electron chi connectivity index (χ4n) is 1.96. The molecule has 0 saturated heterocycles. The summed E-state index contributed by atoms with van der Waals surface area (Å²) >= 11 is 9.40. The van der Waals surface area contributed by atoms with E-state index in [9.17, 15) is 9.50 Å². The second-order valence-electron chi connectivity index (χ2n) is 4.53. The normalized spacial score (nSPS) is 12.5. The van der Waals surface area contributed by atoms with Gasteiger partial charge in [-0.3, -0.25) is 0 Å². The third-order valence-electron chi connectivity index (χ3n) is 3.11. The Bertz CT molecular complexity index is 628. The summed E-state index contributed by atoms with van der Waals surface area (Å²) in [6, 6.07) is 8.48. The topological polar surface area (TPSA) is 20.2 Å². The molecule has 1 unspecified atom stereocenters. The van der Waals surface area contributed by atoms with E-state index in [1.54, 1.807) is 13.0 Å². The zero-order valence-electron chi connectivity index (χ0n) is 10.5. The van der Waals surface area contributed by atoms with Crippen molar-refractivity contribution in [1.82, 2.24) is 0 Å². The van der Waals surface area contributed by atoms with E-state index in [0.717, 1.165) is 15.6 Å². The predicted molar refractivity (Wildman–Crippen MR) is 79.1 cm³/mol. The maximum absolute atomic E-state index is 13.4. The summed E-state index contributed by atoms with van der Waals surface area (Å²) < 4.78 is 14.3. The molecule has 0 amide bonds. The molecule has 0 aliphatic carbocycles. The molecular formula is C15H13BrClFO. The highest BCUT2D eigenvalue weighted by Crippen LogP contribution is 2.33. The third kappa shape index (κ3) is 2.99. The number of aliphatic hydroxyl groups is 1. The molecule has 4 heteroatoms. The molecule has 1 nitrogen and oxygen atoms in total. The van der Waals surface area contributed by atoms with E-state index in [1.807, 2.05) is 25.1 Å². The number of aryl methyl sites for hydroxylation is 2. The fraction of sp³-hybridized carbons (Fsp3) is 0.200. The van der Waals surface area contributed by atoms with Crippen LogP contribution in [0.4, 0.5) is 4.39 Å². The van der Waals surface area contributed by atoms with Crippen LogP contribution in [0.2, 0.25) is 5.02 Å². The first kappa shape index (κ1) is 14.5. The molecule has 1 N–H and O–H groups in total. The van der Waals surface area contributed by atoms with Gasteiger partial charge in [-0.25, -0.2) is 4.39 Å². The molecule has 0 spiro atoms. The summed E-state index contributed by atoms with van der Waals surface area (Å²) in [6.07, 6.45) is -0.871. The van der Waals surface area contributed by atoms with Crippen LogP contribution in [0.15, 0.2) is 34.8 Å². The Morgan fingerprint density at radius 3 is 2.47 bits per heavy atom. The fourth-order valence-corrected chi connectivity index (χ4v) is 2.60. The van der Waals surface area contributed by atoms with Crippen LogP contribution >= 0.6 is 27.5 Å². The van der Waals surface area contributed by atoms with Crippen LogP contribution in [-0.4, -0.2) is 5.11 Å². The molecule has 0 aromatic heterocycles. The molecule has 0 bridgehead atoms. The van der Waals surface area contributed by atoms with E-state index in [4.69, 9.17) is 11.6 Å². The Balaban J connectivity index is 2.52. The highest BCUT2D eigenvalue weighted by atomic mass is 79.9. The third-order valence-corrected chi connectivity index (χ3v) is 3.93. The van der Waals surface area contributed by atoms with E-state index in [0.29, 0.717) is 11.1 Å². The number of aliphatic hydroxyl groups excluding tert-OH is 1. The minimum Gasteiger partial charge on any atom is -0.384 e. The Kier molecular flexibility index (Phi) is 4.29. The number of benzene rings is 2. The van der Waals surface area contributed by atoms with Crippen molar-refractivity contribution in [2.45, 2.75) is 20.0 Å². The minimum absolute atomic E-state index is 0.231. The molecule has 0 fully saturated rings. The lowest BCUT2D eigenvalue weighted by atomic mass is 9.96. The van der Waals surface area contributed by atoms with E-state index in [-0.39, 0.29) is 10.8 Å². The maximum atomic E-state index is 13.4. The van der Waals surface area contributed by atoms with Gasteiger partial charge >= 0.3 is 0 Å². The molecule has 2 aromatic carbocycles. The van der Waals surface area contributed by atoms with Gasteiger partial charge in [-0.1, -0.05) is 33.6 Å². The summed E-state index contributed by atoms with van der Waals surface area (Å²) in [5.41, 5.74) is 2.68. The van der Waals surface area contributed by atoms with Gasteiger partial charge < -0.3 is 5.11 Å². The van der Waals surface area contributed by atoms with E-state index in [2.05, 4.69) is 15.9 Å². The van der Waals surface area contributed by atoms with Crippen LogP contribution in [0, 0.1) is 19.7 Å². The van der Waals surface area contributed by atoms with Crippen LogP contribution in [0.5, 0.6) is 0 Å². The van der Waals surface area contributed by atoms with Crippen molar-refractivity contribution in [3.05, 3.63) is 67.9 Å². The first-order valence-electron chi connectivity index (χ1n) is 5.80. The van der Waals surface area contributed by atoms with Gasteiger partial charge in [-0.15, -0.1) is 0 Å². The summed E-state index contributed by atoms with van der Waals surface area (Å²) in [5, 5.41) is 10.7. The quantitative estimate of drug-likeness (QED) is 0.819. The Morgan fingerprint density at radius 2 is 1.79 bits per heavy atom. The molecule has 0 aliphatic heterocycles. The van der Waals surface area contributed by atoms with Gasteiger partial charge in [0.25, 0.3) is 0 Å². The molecule has 0 heterocycles. The highest BCUT2D eigenvalue weighted by molar-refractivity contribution is 9.10. The molecular weight excluding hydrogens is 331 g/mol. The lowest BCUT2D eigenvalue weighted by molar-refractivity contribution is 0.219.